The maximum absolute atomic E-state index is 13.0. The third-order valence-electron chi connectivity index (χ3n) is 5.58. The number of amides is 1. The lowest BCUT2D eigenvalue weighted by molar-refractivity contribution is 0.102. The van der Waals surface area contributed by atoms with Gasteiger partial charge in [0.25, 0.3) is 5.91 Å². The van der Waals surface area contributed by atoms with Crippen LogP contribution in [-0.4, -0.2) is 40.3 Å². The molecule has 1 N–H and O–H groups in total. The van der Waals surface area contributed by atoms with Crippen LogP contribution in [0.5, 0.6) is 11.5 Å². The molecular formula is C25H20ClN5O4. The lowest BCUT2D eigenvalue weighted by Crippen LogP contribution is -2.15. The van der Waals surface area contributed by atoms with Gasteiger partial charge in [-0.15, -0.1) is 5.10 Å². The molecule has 10 heteroatoms. The number of ether oxygens (including phenoxy) is 2. The Morgan fingerprint density at radius 3 is 2.57 bits per heavy atom. The Bertz CT molecular complexity index is 1540. The third kappa shape index (κ3) is 4.17. The molecule has 0 aliphatic carbocycles. The Morgan fingerprint density at radius 2 is 1.83 bits per heavy atom. The van der Waals surface area contributed by atoms with Crippen molar-refractivity contribution in [2.75, 3.05) is 19.5 Å². The van der Waals surface area contributed by atoms with Crippen molar-refractivity contribution in [3.63, 3.8) is 0 Å². The number of aromatic nitrogens is 4. The average molecular weight is 490 g/mol. The van der Waals surface area contributed by atoms with Crippen molar-refractivity contribution in [2.24, 2.45) is 0 Å². The van der Waals surface area contributed by atoms with Gasteiger partial charge in [0.2, 0.25) is 0 Å². The topological polar surface area (TPSA) is 104 Å². The number of hydrogen-bond donors (Lipinski definition) is 1. The smallest absolute Gasteiger partial charge is 0.278 e. The fourth-order valence-corrected chi connectivity index (χ4v) is 3.86. The number of halogens is 1. The molecule has 0 unspecified atom stereocenters. The van der Waals surface area contributed by atoms with Gasteiger partial charge in [-0.25, -0.2) is 4.68 Å². The highest BCUT2D eigenvalue weighted by molar-refractivity contribution is 6.30. The Morgan fingerprint density at radius 1 is 1.03 bits per heavy atom. The molecule has 0 radical (unpaired) electrons. The van der Waals surface area contributed by atoms with Crippen molar-refractivity contribution in [2.45, 2.75) is 6.92 Å². The molecule has 0 spiro atoms. The van der Waals surface area contributed by atoms with E-state index in [-0.39, 0.29) is 5.69 Å². The predicted octanol–water partition coefficient (Wildman–Crippen LogP) is 5.31. The number of carbonyl (C=O) groups is 1. The van der Waals surface area contributed by atoms with Crippen LogP contribution in [-0.2, 0) is 0 Å². The van der Waals surface area contributed by atoms with Crippen LogP contribution in [0.2, 0.25) is 5.02 Å². The number of nitrogens with one attached hydrogen (secondary N) is 1. The van der Waals surface area contributed by atoms with Crippen LogP contribution in [0.1, 0.15) is 16.2 Å². The molecule has 2 aromatic heterocycles. The van der Waals surface area contributed by atoms with Gasteiger partial charge in [-0.1, -0.05) is 22.0 Å². The number of benzene rings is 3. The summed E-state index contributed by atoms with van der Waals surface area (Å²) in [6.45, 7) is 1.78. The van der Waals surface area contributed by atoms with E-state index in [1.807, 2.05) is 30.3 Å². The van der Waals surface area contributed by atoms with Gasteiger partial charge < -0.3 is 19.3 Å². The van der Waals surface area contributed by atoms with Crippen molar-refractivity contribution in [3.8, 4) is 28.5 Å². The van der Waals surface area contributed by atoms with E-state index in [1.165, 1.54) is 7.11 Å². The molecule has 5 rings (SSSR count). The van der Waals surface area contributed by atoms with Crippen molar-refractivity contribution in [3.05, 3.63) is 77.1 Å². The molecule has 0 atom stereocenters. The Hall–Kier alpha value is -4.37. The number of hydrogen-bond acceptors (Lipinski definition) is 7. The van der Waals surface area contributed by atoms with Crippen LogP contribution in [0.4, 0.5) is 5.69 Å². The summed E-state index contributed by atoms with van der Waals surface area (Å²) in [4.78, 5) is 13.0. The van der Waals surface area contributed by atoms with E-state index in [1.54, 1.807) is 49.0 Å². The number of fused-ring (bicyclic) bond motifs is 1. The average Bonchev–Trinajstić information content (AvgIpc) is 3.47. The van der Waals surface area contributed by atoms with Gasteiger partial charge >= 0.3 is 0 Å². The summed E-state index contributed by atoms with van der Waals surface area (Å²) in [6, 6.07) is 18.0. The SMILES string of the molecule is COc1ccc(NC(=O)c2nnn(-c3ccc4noc(-c5ccc(Cl)cc5)c4c3)c2C)c(OC)c1. The minimum atomic E-state index is -0.412. The summed E-state index contributed by atoms with van der Waals surface area (Å²) in [5.74, 6) is 1.28. The van der Waals surface area contributed by atoms with Crippen molar-refractivity contribution >= 4 is 34.1 Å². The molecule has 0 fully saturated rings. The quantitative estimate of drug-likeness (QED) is 0.344. The van der Waals surface area contributed by atoms with Gasteiger partial charge in [0.05, 0.1) is 36.7 Å². The first kappa shape index (κ1) is 22.4. The maximum atomic E-state index is 13.0. The van der Waals surface area contributed by atoms with Gasteiger partial charge in [-0.2, -0.15) is 0 Å². The molecule has 3 aromatic carbocycles. The fourth-order valence-electron chi connectivity index (χ4n) is 3.74. The summed E-state index contributed by atoms with van der Waals surface area (Å²) in [5.41, 5.74) is 3.50. The number of anilines is 1. The summed E-state index contributed by atoms with van der Waals surface area (Å²) >= 11 is 6.01. The minimum Gasteiger partial charge on any atom is -0.497 e. The highest BCUT2D eigenvalue weighted by atomic mass is 35.5. The lowest BCUT2D eigenvalue weighted by atomic mass is 10.1. The van der Waals surface area contributed by atoms with Crippen LogP contribution in [0.3, 0.4) is 0 Å². The van der Waals surface area contributed by atoms with E-state index in [4.69, 9.17) is 25.6 Å². The second kappa shape index (κ2) is 9.11. The highest BCUT2D eigenvalue weighted by Gasteiger charge is 2.20. The van der Waals surface area contributed by atoms with Crippen molar-refractivity contribution in [1.82, 2.24) is 20.2 Å². The standard InChI is InChI=1S/C25H20ClN5O4/c1-14-23(25(32)27-21-11-9-18(33-2)13-22(21)34-3)28-30-31(14)17-8-10-20-19(12-17)24(35-29-20)15-4-6-16(26)7-5-15/h4-13H,1-3H3,(H,27,32). The minimum absolute atomic E-state index is 0.186. The number of methoxy groups -OCH3 is 2. The summed E-state index contributed by atoms with van der Waals surface area (Å²) in [6.07, 6.45) is 0. The number of nitrogens with zero attached hydrogens (tertiary/aromatic N) is 4. The third-order valence-corrected chi connectivity index (χ3v) is 5.83. The fraction of sp³-hybridized carbons (Fsp3) is 0.120. The molecule has 0 saturated heterocycles. The predicted molar refractivity (Wildman–Crippen MR) is 132 cm³/mol. The second-order valence-corrected chi connectivity index (χ2v) is 8.11. The zero-order valence-corrected chi connectivity index (χ0v) is 19.8. The second-order valence-electron chi connectivity index (χ2n) is 7.68. The lowest BCUT2D eigenvalue weighted by Gasteiger charge is -2.11. The summed E-state index contributed by atoms with van der Waals surface area (Å²) in [5, 5.41) is 16.7. The van der Waals surface area contributed by atoms with Gasteiger partial charge in [0.15, 0.2) is 11.5 Å². The van der Waals surface area contributed by atoms with E-state index in [0.29, 0.717) is 44.9 Å². The molecule has 2 heterocycles. The molecule has 1 amide bonds. The van der Waals surface area contributed by atoms with E-state index >= 15 is 0 Å². The zero-order chi connectivity index (χ0) is 24.5. The Kier molecular flexibility index (Phi) is 5.84. The van der Waals surface area contributed by atoms with Gasteiger partial charge in [-0.3, -0.25) is 4.79 Å². The van der Waals surface area contributed by atoms with E-state index in [9.17, 15) is 4.79 Å². The maximum Gasteiger partial charge on any atom is 0.278 e. The van der Waals surface area contributed by atoms with E-state index in [2.05, 4.69) is 20.8 Å². The number of rotatable bonds is 6. The molecule has 176 valence electrons. The molecule has 0 aliphatic heterocycles. The van der Waals surface area contributed by atoms with Crippen LogP contribution < -0.4 is 14.8 Å². The Labute approximate surface area is 205 Å². The van der Waals surface area contributed by atoms with Crippen molar-refractivity contribution in [1.29, 1.82) is 0 Å². The van der Waals surface area contributed by atoms with E-state index < -0.39 is 5.91 Å². The van der Waals surface area contributed by atoms with Gasteiger partial charge in [0, 0.05) is 16.7 Å². The van der Waals surface area contributed by atoms with Crippen LogP contribution in [0, 0.1) is 6.92 Å². The highest BCUT2D eigenvalue weighted by Crippen LogP contribution is 2.32. The van der Waals surface area contributed by atoms with Crippen molar-refractivity contribution < 1.29 is 18.8 Å². The summed E-state index contributed by atoms with van der Waals surface area (Å²) < 4.78 is 17.7. The first-order valence-electron chi connectivity index (χ1n) is 10.6. The van der Waals surface area contributed by atoms with Gasteiger partial charge in [-0.05, 0) is 61.5 Å². The zero-order valence-electron chi connectivity index (χ0n) is 19.1. The first-order valence-corrected chi connectivity index (χ1v) is 11.0. The van der Waals surface area contributed by atoms with E-state index in [0.717, 1.165) is 10.9 Å². The molecule has 5 aromatic rings. The first-order chi connectivity index (χ1) is 17.0. The largest absolute Gasteiger partial charge is 0.497 e. The van der Waals surface area contributed by atoms with Crippen LogP contribution in [0.25, 0.3) is 27.9 Å². The molecular weight excluding hydrogens is 470 g/mol. The van der Waals surface area contributed by atoms with Gasteiger partial charge in [0.1, 0.15) is 17.0 Å². The van der Waals surface area contributed by atoms with Crippen LogP contribution in [0.15, 0.2) is 65.2 Å². The number of carbonyl (C=O) groups excluding carboxylic acids is 1. The molecule has 0 bridgehead atoms. The molecule has 9 nitrogen and oxygen atoms in total. The Balaban J connectivity index is 1.46. The normalized spacial score (nSPS) is 11.0. The molecule has 0 aliphatic rings. The monoisotopic (exact) mass is 489 g/mol. The summed E-state index contributed by atoms with van der Waals surface area (Å²) in [7, 11) is 3.08. The van der Waals surface area contributed by atoms with Crippen LogP contribution >= 0.6 is 11.6 Å². The molecule has 0 saturated carbocycles. The molecule has 35 heavy (non-hydrogen) atoms.